The van der Waals surface area contributed by atoms with Gasteiger partial charge in [0.05, 0.1) is 9.79 Å². The molecule has 0 unspecified atom stereocenters. The highest BCUT2D eigenvalue weighted by atomic mass is 32.2. The third kappa shape index (κ3) is 8.87. The van der Waals surface area contributed by atoms with Crippen LogP contribution in [0.5, 0.6) is 11.5 Å². The molecule has 0 aliphatic carbocycles. The molecule has 0 saturated heterocycles. The number of hydrogen-bond donors (Lipinski definition) is 6. The number of ether oxygens (including phenoxy) is 2. The fourth-order valence-electron chi connectivity index (χ4n) is 3.91. The second-order valence-corrected chi connectivity index (χ2v) is 13.1. The van der Waals surface area contributed by atoms with Crippen molar-refractivity contribution in [1.82, 2.24) is 9.44 Å². The summed E-state index contributed by atoms with van der Waals surface area (Å²) < 4.78 is 66.9. The molecule has 44 heavy (non-hydrogen) atoms. The molecule has 8 N–H and O–H groups in total. The summed E-state index contributed by atoms with van der Waals surface area (Å²) in [5.41, 5.74) is 13.0. The third-order valence-electron chi connectivity index (χ3n) is 6.31. The molecular formula is C30H32N6O6S2. The first-order valence-electron chi connectivity index (χ1n) is 13.2. The Hall–Kier alpha value is -4.76. The standard InChI is InChI=1S/C30H32N6O6S2/c31-29(32)23-3-1-5-27(17-23)43(37,38)35-19-21-7-11-25(12-8-21)41-15-16-42-26-13-9-22(10-14-26)20-36-44(39,40)28-6-2-4-24(18-28)30(33)34/h1-14,17-18,35-36H,15-16,19-20H2,(H3,31,32)(H3,33,34). The molecule has 0 heterocycles. The van der Waals surface area contributed by atoms with E-state index in [1.807, 2.05) is 0 Å². The van der Waals surface area contributed by atoms with Crippen LogP contribution >= 0.6 is 0 Å². The van der Waals surface area contributed by atoms with E-state index < -0.39 is 20.0 Å². The van der Waals surface area contributed by atoms with Crippen LogP contribution in [-0.4, -0.2) is 41.7 Å². The zero-order valence-corrected chi connectivity index (χ0v) is 25.1. The maximum Gasteiger partial charge on any atom is 0.240 e. The highest BCUT2D eigenvalue weighted by Crippen LogP contribution is 2.17. The Labute approximate surface area is 256 Å². The summed E-state index contributed by atoms with van der Waals surface area (Å²) in [6.07, 6.45) is 0. The summed E-state index contributed by atoms with van der Waals surface area (Å²) in [6.45, 7) is 0.666. The van der Waals surface area contributed by atoms with Crippen molar-refractivity contribution in [1.29, 1.82) is 10.8 Å². The maximum atomic E-state index is 12.6. The Bertz CT molecular complexity index is 1710. The van der Waals surface area contributed by atoms with Crippen molar-refractivity contribution in [3.05, 3.63) is 119 Å². The van der Waals surface area contributed by atoms with Gasteiger partial charge in [0, 0.05) is 24.2 Å². The number of nitrogens with two attached hydrogens (primary N) is 2. The van der Waals surface area contributed by atoms with Gasteiger partial charge in [0.1, 0.15) is 36.4 Å². The van der Waals surface area contributed by atoms with Gasteiger partial charge in [0.15, 0.2) is 0 Å². The largest absolute Gasteiger partial charge is 0.490 e. The second kappa shape index (κ2) is 14.1. The third-order valence-corrected chi connectivity index (χ3v) is 9.11. The number of nitrogens with one attached hydrogen (secondary N) is 4. The smallest absolute Gasteiger partial charge is 0.240 e. The Morgan fingerprint density at radius 3 is 1.30 bits per heavy atom. The summed E-state index contributed by atoms with van der Waals surface area (Å²) in [5.74, 6) is 0.752. The van der Waals surface area contributed by atoms with Crippen LogP contribution in [0.15, 0.2) is 107 Å². The predicted octanol–water partition coefficient (Wildman–Crippen LogP) is 2.67. The van der Waals surface area contributed by atoms with E-state index in [9.17, 15) is 16.8 Å². The first-order chi connectivity index (χ1) is 20.9. The van der Waals surface area contributed by atoms with E-state index in [0.717, 1.165) is 11.1 Å². The van der Waals surface area contributed by atoms with Gasteiger partial charge in [-0.25, -0.2) is 26.3 Å². The molecule has 12 nitrogen and oxygen atoms in total. The zero-order valence-electron chi connectivity index (χ0n) is 23.5. The van der Waals surface area contributed by atoms with Gasteiger partial charge in [-0.1, -0.05) is 48.5 Å². The van der Waals surface area contributed by atoms with Crippen LogP contribution in [0.4, 0.5) is 0 Å². The topological polar surface area (TPSA) is 211 Å². The number of rotatable bonds is 15. The molecule has 14 heteroatoms. The van der Waals surface area contributed by atoms with Gasteiger partial charge in [0.2, 0.25) is 20.0 Å². The summed E-state index contributed by atoms with van der Waals surface area (Å²) in [7, 11) is -7.58. The van der Waals surface area contributed by atoms with E-state index in [-0.39, 0.29) is 47.8 Å². The molecule has 0 bridgehead atoms. The normalized spacial score (nSPS) is 11.5. The summed E-state index contributed by atoms with van der Waals surface area (Å²) in [6, 6.07) is 25.7. The SMILES string of the molecule is N=C(N)c1cccc(S(=O)(=O)NCc2ccc(OCCOc3ccc(CNS(=O)(=O)c4cccc(C(=N)N)c4)cc3)cc2)c1. The molecule has 4 aromatic carbocycles. The molecule has 0 aliphatic rings. The Kier molecular flexibility index (Phi) is 10.3. The summed E-state index contributed by atoms with van der Waals surface area (Å²) in [5, 5.41) is 15.0. The first-order valence-corrected chi connectivity index (χ1v) is 16.2. The highest BCUT2D eigenvalue weighted by molar-refractivity contribution is 7.89. The Morgan fingerprint density at radius 1 is 0.591 bits per heavy atom. The van der Waals surface area contributed by atoms with Crippen LogP contribution in [0.2, 0.25) is 0 Å². The molecular weight excluding hydrogens is 605 g/mol. The number of nitrogen functional groups attached to an aromatic ring is 2. The van der Waals surface area contributed by atoms with Crippen molar-refractivity contribution in [3.8, 4) is 11.5 Å². The summed E-state index contributed by atoms with van der Waals surface area (Å²) >= 11 is 0. The molecule has 0 aromatic heterocycles. The zero-order chi connectivity index (χ0) is 31.7. The van der Waals surface area contributed by atoms with E-state index in [0.29, 0.717) is 22.6 Å². The Balaban J connectivity index is 1.19. The van der Waals surface area contributed by atoms with Crippen LogP contribution < -0.4 is 30.4 Å². The molecule has 230 valence electrons. The molecule has 0 spiro atoms. The maximum absolute atomic E-state index is 12.6. The lowest BCUT2D eigenvalue weighted by Crippen LogP contribution is -2.24. The quantitative estimate of drug-likeness (QED) is 0.0647. The fourth-order valence-corrected chi connectivity index (χ4v) is 6.04. The van der Waals surface area contributed by atoms with Crippen LogP contribution in [-0.2, 0) is 33.1 Å². The van der Waals surface area contributed by atoms with Crippen molar-refractivity contribution in [3.63, 3.8) is 0 Å². The van der Waals surface area contributed by atoms with Crippen molar-refractivity contribution in [2.24, 2.45) is 11.5 Å². The van der Waals surface area contributed by atoms with Crippen molar-refractivity contribution in [2.75, 3.05) is 13.2 Å². The predicted molar refractivity (Wildman–Crippen MR) is 167 cm³/mol. The molecule has 4 rings (SSSR count). The van der Waals surface area contributed by atoms with E-state index in [1.165, 1.54) is 36.4 Å². The number of sulfonamides is 2. The van der Waals surface area contributed by atoms with Crippen LogP contribution in [0.25, 0.3) is 0 Å². The number of hydrogen-bond acceptors (Lipinski definition) is 8. The van der Waals surface area contributed by atoms with E-state index in [2.05, 4.69) is 9.44 Å². The monoisotopic (exact) mass is 636 g/mol. The van der Waals surface area contributed by atoms with Gasteiger partial charge in [-0.05, 0) is 59.7 Å². The molecule has 0 amide bonds. The lowest BCUT2D eigenvalue weighted by molar-refractivity contribution is 0.217. The lowest BCUT2D eigenvalue weighted by Gasteiger charge is -2.11. The van der Waals surface area contributed by atoms with Crippen molar-refractivity contribution < 1.29 is 26.3 Å². The first kappa shape index (κ1) is 32.2. The minimum absolute atomic E-state index is 0.0255. The highest BCUT2D eigenvalue weighted by Gasteiger charge is 2.16. The fraction of sp³-hybridized carbons (Fsp3) is 0.133. The van der Waals surface area contributed by atoms with E-state index >= 15 is 0 Å². The minimum Gasteiger partial charge on any atom is -0.490 e. The van der Waals surface area contributed by atoms with E-state index in [1.54, 1.807) is 60.7 Å². The number of benzene rings is 4. The van der Waals surface area contributed by atoms with Crippen LogP contribution in [0.1, 0.15) is 22.3 Å². The minimum atomic E-state index is -3.79. The average molecular weight is 637 g/mol. The van der Waals surface area contributed by atoms with Gasteiger partial charge >= 0.3 is 0 Å². The molecule has 0 fully saturated rings. The number of amidine groups is 2. The lowest BCUT2D eigenvalue weighted by atomic mass is 10.2. The van der Waals surface area contributed by atoms with Gasteiger partial charge in [-0.15, -0.1) is 0 Å². The molecule has 0 saturated carbocycles. The van der Waals surface area contributed by atoms with Crippen molar-refractivity contribution >= 4 is 31.7 Å². The molecule has 0 atom stereocenters. The van der Waals surface area contributed by atoms with E-state index in [4.69, 9.17) is 31.8 Å². The van der Waals surface area contributed by atoms with Gasteiger partial charge in [0.25, 0.3) is 0 Å². The molecule has 0 aliphatic heterocycles. The van der Waals surface area contributed by atoms with Crippen molar-refractivity contribution in [2.45, 2.75) is 22.9 Å². The average Bonchev–Trinajstić information content (AvgIpc) is 3.02. The molecule has 0 radical (unpaired) electrons. The van der Waals surface area contributed by atoms with Crippen LogP contribution in [0, 0.1) is 10.8 Å². The Morgan fingerprint density at radius 2 is 0.955 bits per heavy atom. The van der Waals surface area contributed by atoms with Gasteiger partial charge in [-0.2, -0.15) is 0 Å². The second-order valence-electron chi connectivity index (χ2n) is 9.52. The van der Waals surface area contributed by atoms with Gasteiger partial charge < -0.3 is 20.9 Å². The van der Waals surface area contributed by atoms with Gasteiger partial charge in [-0.3, -0.25) is 10.8 Å². The molecule has 4 aromatic rings. The summed E-state index contributed by atoms with van der Waals surface area (Å²) in [4.78, 5) is 0.0511. The van der Waals surface area contributed by atoms with Crippen LogP contribution in [0.3, 0.4) is 0 Å².